The molecule has 1 aromatic carbocycles. The van der Waals surface area contributed by atoms with E-state index in [2.05, 4.69) is 9.97 Å². The van der Waals surface area contributed by atoms with E-state index < -0.39 is 0 Å². The lowest BCUT2D eigenvalue weighted by molar-refractivity contribution is -0.140. The second kappa shape index (κ2) is 5.91. The fourth-order valence-corrected chi connectivity index (χ4v) is 1.85. The summed E-state index contributed by atoms with van der Waals surface area (Å²) in [6.07, 6.45) is 5.22. The number of ether oxygens (including phenoxy) is 1. The lowest BCUT2D eigenvalue weighted by Crippen LogP contribution is -2.10. The molecule has 0 N–H and O–H groups in total. The van der Waals surface area contributed by atoms with Crippen molar-refractivity contribution in [2.45, 2.75) is 12.3 Å². The smallest absolute Gasteiger partial charge is 0.306 e. The van der Waals surface area contributed by atoms with Gasteiger partial charge in [-0.15, -0.1) is 0 Å². The lowest BCUT2D eigenvalue weighted by Gasteiger charge is -2.15. The highest BCUT2D eigenvalue weighted by molar-refractivity contribution is 5.71. The van der Waals surface area contributed by atoms with Gasteiger partial charge in [-0.1, -0.05) is 30.3 Å². The maximum atomic E-state index is 11.5. The maximum Gasteiger partial charge on any atom is 0.306 e. The third-order valence-corrected chi connectivity index (χ3v) is 2.78. The zero-order valence-electron chi connectivity index (χ0n) is 10.1. The molecule has 1 unspecified atom stereocenters. The van der Waals surface area contributed by atoms with Crippen LogP contribution in [0.4, 0.5) is 0 Å². The second-order valence-electron chi connectivity index (χ2n) is 3.92. The van der Waals surface area contributed by atoms with Gasteiger partial charge in [-0.05, 0) is 11.1 Å². The molecule has 0 aliphatic heterocycles. The van der Waals surface area contributed by atoms with Crippen molar-refractivity contribution < 1.29 is 9.53 Å². The van der Waals surface area contributed by atoms with Crippen molar-refractivity contribution in [2.75, 3.05) is 7.11 Å². The van der Waals surface area contributed by atoms with E-state index in [1.165, 1.54) is 13.4 Å². The number of nitrogens with zero attached hydrogens (tertiary/aromatic N) is 2. The Bertz CT molecular complexity index is 460. The molecular formula is C14H14N2O2. The quantitative estimate of drug-likeness (QED) is 0.771. The standard InChI is InChI=1S/C14H14N2O2/c1-18-14(17)7-13(11-5-3-2-4-6-11)12-8-15-10-16-9-12/h2-6,8-10,13H,7H2,1H3. The van der Waals surface area contributed by atoms with Gasteiger partial charge in [-0.2, -0.15) is 0 Å². The van der Waals surface area contributed by atoms with Crippen LogP contribution in [0.1, 0.15) is 23.5 Å². The van der Waals surface area contributed by atoms with Crippen LogP contribution in [-0.2, 0) is 9.53 Å². The summed E-state index contributed by atoms with van der Waals surface area (Å²) in [4.78, 5) is 19.5. The van der Waals surface area contributed by atoms with Crippen molar-refractivity contribution in [3.05, 3.63) is 60.2 Å². The molecule has 4 nitrogen and oxygen atoms in total. The highest BCUT2D eigenvalue weighted by atomic mass is 16.5. The van der Waals surface area contributed by atoms with Crippen LogP contribution in [0, 0.1) is 0 Å². The lowest BCUT2D eigenvalue weighted by atomic mass is 9.90. The number of hydrogen-bond donors (Lipinski definition) is 0. The van der Waals surface area contributed by atoms with Crippen molar-refractivity contribution >= 4 is 5.97 Å². The molecule has 1 atom stereocenters. The number of esters is 1. The first kappa shape index (κ1) is 12.2. The van der Waals surface area contributed by atoms with E-state index in [9.17, 15) is 4.79 Å². The molecular weight excluding hydrogens is 228 g/mol. The Morgan fingerprint density at radius 1 is 1.17 bits per heavy atom. The summed E-state index contributed by atoms with van der Waals surface area (Å²) in [6, 6.07) is 9.81. The van der Waals surface area contributed by atoms with Crippen LogP contribution in [0.5, 0.6) is 0 Å². The van der Waals surface area contributed by atoms with Crippen molar-refractivity contribution in [3.8, 4) is 0 Å². The minimum atomic E-state index is -0.243. The normalized spacial score (nSPS) is 11.8. The molecule has 18 heavy (non-hydrogen) atoms. The van der Waals surface area contributed by atoms with Gasteiger partial charge in [0.2, 0.25) is 0 Å². The molecule has 4 heteroatoms. The molecule has 1 heterocycles. The van der Waals surface area contributed by atoms with Crippen LogP contribution in [0.3, 0.4) is 0 Å². The van der Waals surface area contributed by atoms with Crippen molar-refractivity contribution in [1.29, 1.82) is 0 Å². The van der Waals surface area contributed by atoms with Crippen LogP contribution < -0.4 is 0 Å². The van der Waals surface area contributed by atoms with E-state index in [1.54, 1.807) is 12.4 Å². The minimum Gasteiger partial charge on any atom is -0.469 e. The summed E-state index contributed by atoms with van der Waals surface area (Å²) in [5.41, 5.74) is 1.96. The predicted molar refractivity (Wildman–Crippen MR) is 67.0 cm³/mol. The van der Waals surface area contributed by atoms with E-state index in [1.807, 2.05) is 30.3 Å². The van der Waals surface area contributed by atoms with Crippen molar-refractivity contribution in [1.82, 2.24) is 9.97 Å². The predicted octanol–water partition coefficient (Wildman–Crippen LogP) is 2.17. The summed E-state index contributed by atoms with van der Waals surface area (Å²) in [7, 11) is 1.39. The average Bonchev–Trinajstić information content (AvgIpc) is 2.46. The number of carbonyl (C=O) groups excluding carboxylic acids is 1. The number of aromatic nitrogens is 2. The number of rotatable bonds is 4. The van der Waals surface area contributed by atoms with Gasteiger partial charge in [0.05, 0.1) is 13.5 Å². The maximum absolute atomic E-state index is 11.5. The molecule has 0 fully saturated rings. The Morgan fingerprint density at radius 2 is 1.83 bits per heavy atom. The topological polar surface area (TPSA) is 52.1 Å². The van der Waals surface area contributed by atoms with Gasteiger partial charge in [-0.3, -0.25) is 4.79 Å². The fourth-order valence-electron chi connectivity index (χ4n) is 1.85. The number of carbonyl (C=O) groups is 1. The Morgan fingerprint density at radius 3 is 2.44 bits per heavy atom. The summed E-state index contributed by atoms with van der Waals surface area (Å²) in [5, 5.41) is 0. The summed E-state index contributed by atoms with van der Waals surface area (Å²) < 4.78 is 4.74. The number of benzene rings is 1. The molecule has 0 amide bonds. The van der Waals surface area contributed by atoms with E-state index in [-0.39, 0.29) is 18.3 Å². The van der Waals surface area contributed by atoms with E-state index in [0.29, 0.717) is 0 Å². The third kappa shape index (κ3) is 2.91. The van der Waals surface area contributed by atoms with Crippen LogP contribution >= 0.6 is 0 Å². The first-order valence-electron chi connectivity index (χ1n) is 5.68. The highest BCUT2D eigenvalue weighted by Crippen LogP contribution is 2.27. The van der Waals surface area contributed by atoms with Crippen molar-refractivity contribution in [2.24, 2.45) is 0 Å². The Hall–Kier alpha value is -2.23. The first-order chi connectivity index (χ1) is 8.81. The highest BCUT2D eigenvalue weighted by Gasteiger charge is 2.18. The van der Waals surface area contributed by atoms with E-state index in [0.717, 1.165) is 11.1 Å². The zero-order chi connectivity index (χ0) is 12.8. The Kier molecular flexibility index (Phi) is 4.02. The number of methoxy groups -OCH3 is 1. The van der Waals surface area contributed by atoms with Crippen molar-refractivity contribution in [3.63, 3.8) is 0 Å². The van der Waals surface area contributed by atoms with Crippen LogP contribution in [0.25, 0.3) is 0 Å². The van der Waals surface area contributed by atoms with Gasteiger partial charge in [-0.25, -0.2) is 9.97 Å². The Balaban J connectivity index is 2.32. The summed E-state index contributed by atoms with van der Waals surface area (Å²) in [5.74, 6) is -0.312. The van der Waals surface area contributed by atoms with E-state index >= 15 is 0 Å². The monoisotopic (exact) mass is 242 g/mol. The molecule has 2 rings (SSSR count). The SMILES string of the molecule is COC(=O)CC(c1ccccc1)c1cncnc1. The molecule has 0 aliphatic rings. The molecule has 0 radical (unpaired) electrons. The minimum absolute atomic E-state index is 0.0696. The molecule has 2 aromatic rings. The van der Waals surface area contributed by atoms with Gasteiger partial charge >= 0.3 is 5.97 Å². The molecule has 1 aromatic heterocycles. The van der Waals surface area contributed by atoms with Gasteiger partial charge in [0, 0.05) is 18.3 Å². The van der Waals surface area contributed by atoms with Crippen LogP contribution in [-0.4, -0.2) is 23.0 Å². The summed E-state index contributed by atoms with van der Waals surface area (Å²) in [6.45, 7) is 0. The molecule has 0 aliphatic carbocycles. The van der Waals surface area contributed by atoms with Gasteiger partial charge in [0.1, 0.15) is 6.33 Å². The molecule has 92 valence electrons. The van der Waals surface area contributed by atoms with Crippen LogP contribution in [0.2, 0.25) is 0 Å². The first-order valence-corrected chi connectivity index (χ1v) is 5.68. The Labute approximate surface area is 106 Å². The number of hydrogen-bond acceptors (Lipinski definition) is 4. The molecule has 0 bridgehead atoms. The molecule has 0 spiro atoms. The largest absolute Gasteiger partial charge is 0.469 e. The van der Waals surface area contributed by atoms with Gasteiger partial charge in [0.15, 0.2) is 0 Å². The molecule has 0 saturated carbocycles. The zero-order valence-corrected chi connectivity index (χ0v) is 10.1. The fraction of sp³-hybridized carbons (Fsp3) is 0.214. The average molecular weight is 242 g/mol. The third-order valence-electron chi connectivity index (χ3n) is 2.78. The summed E-state index contributed by atoms with van der Waals surface area (Å²) >= 11 is 0. The van der Waals surface area contributed by atoms with Crippen LogP contribution in [0.15, 0.2) is 49.1 Å². The second-order valence-corrected chi connectivity index (χ2v) is 3.92. The molecule has 0 saturated heterocycles. The van der Waals surface area contributed by atoms with Gasteiger partial charge < -0.3 is 4.74 Å². The van der Waals surface area contributed by atoms with E-state index in [4.69, 9.17) is 4.74 Å². The van der Waals surface area contributed by atoms with Gasteiger partial charge in [0.25, 0.3) is 0 Å².